The van der Waals surface area contributed by atoms with Gasteiger partial charge in [-0.25, -0.2) is 9.97 Å². The van der Waals surface area contributed by atoms with Gasteiger partial charge in [0.25, 0.3) is 0 Å². The lowest BCUT2D eigenvalue weighted by molar-refractivity contribution is 0.127. The monoisotopic (exact) mass is 279 g/mol. The summed E-state index contributed by atoms with van der Waals surface area (Å²) in [6.07, 6.45) is 1.80. The molecule has 0 radical (unpaired) electrons. The summed E-state index contributed by atoms with van der Waals surface area (Å²) in [5.74, 6) is 1.93. The maximum Gasteiger partial charge on any atom is 0.161 e. The second-order valence-corrected chi connectivity index (χ2v) is 7.51. The van der Waals surface area contributed by atoms with E-state index in [9.17, 15) is 0 Å². The van der Waals surface area contributed by atoms with E-state index in [2.05, 4.69) is 49.9 Å². The van der Waals surface area contributed by atoms with Crippen LogP contribution >= 0.6 is 0 Å². The number of hydrogen-bond donors (Lipinski definition) is 1. The predicted octanol–water partition coefficient (Wildman–Crippen LogP) is 3.67. The minimum Gasteiger partial charge on any atom is -0.485 e. The van der Waals surface area contributed by atoms with Gasteiger partial charge in [0.2, 0.25) is 0 Å². The molecule has 0 aromatic carbocycles. The van der Waals surface area contributed by atoms with Crippen molar-refractivity contribution in [2.45, 2.75) is 79.0 Å². The van der Waals surface area contributed by atoms with Crippen molar-refractivity contribution in [2.75, 3.05) is 0 Å². The molecule has 1 N–H and O–H groups in total. The Morgan fingerprint density at radius 1 is 1.15 bits per heavy atom. The number of rotatable bonds is 4. The van der Waals surface area contributed by atoms with Crippen LogP contribution in [0.1, 0.15) is 72.8 Å². The summed E-state index contributed by atoms with van der Waals surface area (Å²) in [6.45, 7) is 17.4. The minimum atomic E-state index is -0.251. The number of hydrogen-bond acceptors (Lipinski definition) is 4. The summed E-state index contributed by atoms with van der Waals surface area (Å²) in [4.78, 5) is 9.06. The molecule has 4 nitrogen and oxygen atoms in total. The summed E-state index contributed by atoms with van der Waals surface area (Å²) in [5, 5.41) is 3.46. The molecule has 1 rings (SSSR count). The summed E-state index contributed by atoms with van der Waals surface area (Å²) in [7, 11) is 0. The van der Waals surface area contributed by atoms with Crippen LogP contribution in [0.2, 0.25) is 0 Å². The molecule has 0 unspecified atom stereocenters. The molecule has 0 amide bonds. The molecule has 0 aliphatic carbocycles. The molecule has 0 fully saturated rings. The first-order valence-corrected chi connectivity index (χ1v) is 7.28. The first kappa shape index (κ1) is 16.9. The first-order chi connectivity index (χ1) is 8.98. The van der Waals surface area contributed by atoms with Crippen LogP contribution in [-0.2, 0) is 6.54 Å². The van der Waals surface area contributed by atoms with Gasteiger partial charge in [-0.3, -0.25) is 0 Å². The smallest absolute Gasteiger partial charge is 0.161 e. The fourth-order valence-corrected chi connectivity index (χ4v) is 1.59. The van der Waals surface area contributed by atoms with Gasteiger partial charge in [0.15, 0.2) is 5.75 Å². The van der Waals surface area contributed by atoms with Crippen LogP contribution in [0.5, 0.6) is 5.75 Å². The highest BCUT2D eigenvalue weighted by atomic mass is 16.5. The third kappa shape index (κ3) is 5.87. The average Bonchev–Trinajstić information content (AvgIpc) is 2.24. The van der Waals surface area contributed by atoms with Gasteiger partial charge < -0.3 is 10.1 Å². The summed E-state index contributed by atoms with van der Waals surface area (Å²) >= 11 is 0. The Labute approximate surface area is 123 Å². The normalized spacial score (nSPS) is 12.8. The molecule has 1 aromatic rings. The van der Waals surface area contributed by atoms with Gasteiger partial charge in [-0.15, -0.1) is 0 Å². The van der Waals surface area contributed by atoms with E-state index < -0.39 is 0 Å². The predicted molar refractivity (Wildman–Crippen MR) is 83.1 cm³/mol. The zero-order chi connectivity index (χ0) is 15.6. The van der Waals surface area contributed by atoms with Crippen molar-refractivity contribution >= 4 is 0 Å². The van der Waals surface area contributed by atoms with Crippen molar-refractivity contribution in [1.29, 1.82) is 0 Å². The van der Waals surface area contributed by atoms with Gasteiger partial charge in [-0.1, -0.05) is 13.8 Å². The third-order valence-electron chi connectivity index (χ3n) is 2.57. The van der Waals surface area contributed by atoms with Crippen LogP contribution in [0.4, 0.5) is 0 Å². The van der Waals surface area contributed by atoms with Gasteiger partial charge >= 0.3 is 0 Å². The molecule has 0 spiro atoms. The van der Waals surface area contributed by atoms with Gasteiger partial charge in [0.1, 0.15) is 11.4 Å². The van der Waals surface area contributed by atoms with E-state index in [0.29, 0.717) is 12.5 Å². The highest BCUT2D eigenvalue weighted by Crippen LogP contribution is 2.23. The van der Waals surface area contributed by atoms with Crippen molar-refractivity contribution in [3.05, 3.63) is 17.7 Å². The highest BCUT2D eigenvalue weighted by molar-refractivity contribution is 5.26. The lowest BCUT2D eigenvalue weighted by Gasteiger charge is -2.25. The second kappa shape index (κ2) is 6.08. The van der Waals surface area contributed by atoms with E-state index in [4.69, 9.17) is 4.74 Å². The second-order valence-electron chi connectivity index (χ2n) is 7.51. The Morgan fingerprint density at radius 2 is 1.75 bits per heavy atom. The first-order valence-electron chi connectivity index (χ1n) is 7.28. The molecule has 20 heavy (non-hydrogen) atoms. The number of aromatic nitrogens is 2. The SMILES string of the molecule is CC(C)c1ncc(OC(C)(C)C)c(CNC(C)(C)C)n1. The fraction of sp³-hybridized carbons (Fsp3) is 0.750. The van der Waals surface area contributed by atoms with E-state index in [0.717, 1.165) is 17.3 Å². The van der Waals surface area contributed by atoms with Gasteiger partial charge in [-0.05, 0) is 41.5 Å². The lowest BCUT2D eigenvalue weighted by atomic mass is 10.1. The quantitative estimate of drug-likeness (QED) is 0.913. The summed E-state index contributed by atoms with van der Waals surface area (Å²) < 4.78 is 5.97. The van der Waals surface area contributed by atoms with Crippen molar-refractivity contribution < 1.29 is 4.74 Å². The van der Waals surface area contributed by atoms with E-state index in [-0.39, 0.29) is 11.1 Å². The zero-order valence-electron chi connectivity index (χ0n) is 14.2. The van der Waals surface area contributed by atoms with Crippen LogP contribution in [0.3, 0.4) is 0 Å². The summed E-state index contributed by atoms with van der Waals surface area (Å²) in [6, 6.07) is 0. The molecule has 0 aliphatic rings. The van der Waals surface area contributed by atoms with Crippen LogP contribution in [-0.4, -0.2) is 21.1 Å². The minimum absolute atomic E-state index is 0.0436. The number of nitrogens with zero attached hydrogens (tertiary/aromatic N) is 2. The molecule has 0 atom stereocenters. The van der Waals surface area contributed by atoms with Crippen LogP contribution in [0.15, 0.2) is 6.20 Å². The molecule has 0 aliphatic heterocycles. The molecule has 0 saturated heterocycles. The Bertz CT molecular complexity index is 442. The van der Waals surface area contributed by atoms with Crippen molar-refractivity contribution in [1.82, 2.24) is 15.3 Å². The maximum absolute atomic E-state index is 5.97. The van der Waals surface area contributed by atoms with E-state index >= 15 is 0 Å². The molecule has 1 heterocycles. The Kier molecular flexibility index (Phi) is 5.14. The van der Waals surface area contributed by atoms with Crippen molar-refractivity contribution in [3.63, 3.8) is 0 Å². The maximum atomic E-state index is 5.97. The largest absolute Gasteiger partial charge is 0.485 e. The molecular weight excluding hydrogens is 250 g/mol. The molecule has 114 valence electrons. The van der Waals surface area contributed by atoms with Gasteiger partial charge in [0.05, 0.1) is 11.9 Å². The number of nitrogens with one attached hydrogen (secondary N) is 1. The van der Waals surface area contributed by atoms with Crippen molar-refractivity contribution in [3.8, 4) is 5.75 Å². The molecular formula is C16H29N3O. The summed E-state index contributed by atoms with van der Waals surface area (Å²) in [5.41, 5.74) is 0.717. The topological polar surface area (TPSA) is 47.0 Å². The van der Waals surface area contributed by atoms with E-state index in [1.54, 1.807) is 6.20 Å². The average molecular weight is 279 g/mol. The van der Waals surface area contributed by atoms with Crippen molar-refractivity contribution in [2.24, 2.45) is 0 Å². The van der Waals surface area contributed by atoms with Gasteiger partial charge in [-0.2, -0.15) is 0 Å². The standard InChI is InChI=1S/C16H29N3O/c1-11(2)14-17-10-13(20-16(6,7)8)12(19-14)9-18-15(3,4)5/h10-11,18H,9H2,1-8H3. The zero-order valence-corrected chi connectivity index (χ0v) is 14.2. The van der Waals surface area contributed by atoms with Crippen LogP contribution in [0, 0.1) is 0 Å². The number of ether oxygens (including phenoxy) is 1. The lowest BCUT2D eigenvalue weighted by Crippen LogP contribution is -2.36. The van der Waals surface area contributed by atoms with Crippen LogP contribution in [0.25, 0.3) is 0 Å². The third-order valence-corrected chi connectivity index (χ3v) is 2.57. The molecule has 0 bridgehead atoms. The van der Waals surface area contributed by atoms with Gasteiger partial charge in [0, 0.05) is 18.0 Å². The van der Waals surface area contributed by atoms with E-state index in [1.165, 1.54) is 0 Å². The molecule has 4 heteroatoms. The highest BCUT2D eigenvalue weighted by Gasteiger charge is 2.19. The Hall–Kier alpha value is -1.16. The fourth-order valence-electron chi connectivity index (χ4n) is 1.59. The van der Waals surface area contributed by atoms with E-state index in [1.807, 2.05) is 20.8 Å². The van der Waals surface area contributed by atoms with Crippen LogP contribution < -0.4 is 10.1 Å². The Balaban J connectivity index is 3.03. The molecule has 1 aromatic heterocycles. The molecule has 0 saturated carbocycles. The Morgan fingerprint density at radius 3 is 2.20 bits per heavy atom.